The summed E-state index contributed by atoms with van der Waals surface area (Å²) in [5.74, 6) is -1.41. The molecule has 0 amide bonds. The molecule has 0 spiro atoms. The van der Waals surface area contributed by atoms with Crippen LogP contribution < -0.4 is 4.74 Å². The molecule has 0 aliphatic heterocycles. The van der Waals surface area contributed by atoms with Gasteiger partial charge < -0.3 is 9.84 Å². The summed E-state index contributed by atoms with van der Waals surface area (Å²) < 4.78 is 43.5. The van der Waals surface area contributed by atoms with Crippen molar-refractivity contribution >= 4 is 17.6 Å². The van der Waals surface area contributed by atoms with Gasteiger partial charge in [0.15, 0.2) is 6.61 Å². The highest BCUT2D eigenvalue weighted by Crippen LogP contribution is 2.46. The normalized spacial score (nSPS) is 15.2. The van der Waals surface area contributed by atoms with Crippen LogP contribution in [-0.2, 0) is 11.2 Å². The van der Waals surface area contributed by atoms with Crippen LogP contribution in [-0.4, -0.2) is 23.9 Å². The van der Waals surface area contributed by atoms with Gasteiger partial charge in [0, 0.05) is 5.56 Å². The molecule has 7 heteroatoms. The van der Waals surface area contributed by atoms with E-state index < -0.39 is 24.7 Å². The van der Waals surface area contributed by atoms with Crippen molar-refractivity contribution in [2.24, 2.45) is 5.92 Å². The molecule has 1 saturated carbocycles. The van der Waals surface area contributed by atoms with Crippen molar-refractivity contribution in [3.63, 3.8) is 0 Å². The first-order valence-electron chi connectivity index (χ1n) is 9.54. The Labute approximate surface area is 172 Å². The van der Waals surface area contributed by atoms with E-state index in [9.17, 15) is 23.1 Å². The van der Waals surface area contributed by atoms with Crippen LogP contribution in [0.2, 0.25) is 5.02 Å². The number of alkyl halides is 3. The van der Waals surface area contributed by atoms with Crippen molar-refractivity contribution in [3.8, 4) is 16.9 Å². The van der Waals surface area contributed by atoms with Gasteiger partial charge in [0.05, 0.1) is 10.9 Å². The van der Waals surface area contributed by atoms with Gasteiger partial charge in [-0.25, -0.2) is 0 Å². The van der Waals surface area contributed by atoms with Crippen LogP contribution in [0.15, 0.2) is 36.4 Å². The number of aliphatic carboxylic acids is 1. The van der Waals surface area contributed by atoms with E-state index in [1.54, 1.807) is 43.3 Å². The Balaban J connectivity index is 2.16. The van der Waals surface area contributed by atoms with E-state index in [2.05, 4.69) is 0 Å². The molecule has 0 bridgehead atoms. The first-order chi connectivity index (χ1) is 13.7. The zero-order chi connectivity index (χ0) is 21.2. The molecule has 1 fully saturated rings. The van der Waals surface area contributed by atoms with Gasteiger partial charge in [-0.1, -0.05) is 61.7 Å². The van der Waals surface area contributed by atoms with Gasteiger partial charge in [-0.15, -0.1) is 0 Å². The zero-order valence-corrected chi connectivity index (χ0v) is 16.7. The summed E-state index contributed by atoms with van der Waals surface area (Å²) in [7, 11) is 0. The van der Waals surface area contributed by atoms with E-state index in [0.29, 0.717) is 41.0 Å². The maximum Gasteiger partial charge on any atom is 0.422 e. The Hall–Kier alpha value is -2.21. The number of carbonyl (C=O) groups is 1. The zero-order valence-electron chi connectivity index (χ0n) is 15.9. The summed E-state index contributed by atoms with van der Waals surface area (Å²) in [5, 5.41) is 9.88. The summed E-state index contributed by atoms with van der Waals surface area (Å²) in [6.07, 6.45) is -1.64. The lowest BCUT2D eigenvalue weighted by Crippen LogP contribution is -2.20. The Morgan fingerprint density at radius 3 is 2.45 bits per heavy atom. The Morgan fingerprint density at radius 2 is 1.93 bits per heavy atom. The molecule has 156 valence electrons. The fraction of sp³-hybridized carbons (Fsp3) is 0.409. The highest BCUT2D eigenvalue weighted by atomic mass is 35.5. The van der Waals surface area contributed by atoms with Crippen molar-refractivity contribution < 1.29 is 27.8 Å². The molecule has 0 saturated heterocycles. The van der Waals surface area contributed by atoms with Crippen molar-refractivity contribution in [2.45, 2.75) is 44.7 Å². The summed E-state index contributed by atoms with van der Waals surface area (Å²) in [6.45, 7) is 0.329. The van der Waals surface area contributed by atoms with E-state index >= 15 is 0 Å². The van der Waals surface area contributed by atoms with Crippen molar-refractivity contribution in [3.05, 3.63) is 52.5 Å². The van der Waals surface area contributed by atoms with Crippen LogP contribution in [0.25, 0.3) is 11.1 Å². The molecular weight excluding hydrogens is 405 g/mol. The number of benzene rings is 2. The second kappa shape index (κ2) is 8.66. The molecular formula is C22H22ClF3O3. The average Bonchev–Trinajstić information content (AvgIpc) is 3.48. The van der Waals surface area contributed by atoms with Crippen molar-refractivity contribution in [2.75, 3.05) is 6.61 Å². The second-order valence-corrected chi connectivity index (χ2v) is 7.71. The third kappa shape index (κ3) is 5.24. The fourth-order valence-electron chi connectivity index (χ4n) is 3.54. The summed E-state index contributed by atoms with van der Waals surface area (Å²) in [5.41, 5.74) is 2.06. The van der Waals surface area contributed by atoms with Crippen LogP contribution in [0, 0.1) is 5.92 Å². The Kier molecular flexibility index (Phi) is 6.42. The molecule has 3 nitrogen and oxygen atoms in total. The van der Waals surface area contributed by atoms with E-state index in [1.807, 2.05) is 0 Å². The monoisotopic (exact) mass is 426 g/mol. The van der Waals surface area contributed by atoms with Crippen molar-refractivity contribution in [1.82, 2.24) is 0 Å². The summed E-state index contributed by atoms with van der Waals surface area (Å²) in [6, 6.07) is 10.4. The number of carboxylic acids is 1. The lowest BCUT2D eigenvalue weighted by Gasteiger charge is -2.23. The van der Waals surface area contributed by atoms with Crippen LogP contribution in [0.4, 0.5) is 13.2 Å². The highest BCUT2D eigenvalue weighted by Gasteiger charge is 2.34. The molecule has 0 aromatic heterocycles. The average molecular weight is 427 g/mol. The van der Waals surface area contributed by atoms with E-state index in [0.717, 1.165) is 12.8 Å². The maximum atomic E-state index is 12.8. The first kappa shape index (κ1) is 21.5. The fourth-order valence-corrected chi connectivity index (χ4v) is 3.93. The molecule has 1 N–H and O–H groups in total. The predicted molar refractivity (Wildman–Crippen MR) is 106 cm³/mol. The highest BCUT2D eigenvalue weighted by molar-refractivity contribution is 6.33. The second-order valence-electron chi connectivity index (χ2n) is 7.33. The van der Waals surface area contributed by atoms with Crippen molar-refractivity contribution in [1.29, 1.82) is 0 Å². The van der Waals surface area contributed by atoms with Gasteiger partial charge in [-0.2, -0.15) is 13.2 Å². The minimum absolute atomic E-state index is 0.0511. The molecule has 1 atom stereocenters. The SMILES string of the molecule is CCc1c(C(CC2CC2)C(=O)O)cc(-c2ccccc2)c(OCC(F)(F)F)c1Cl. The lowest BCUT2D eigenvalue weighted by atomic mass is 9.86. The van der Waals surface area contributed by atoms with Crippen LogP contribution in [0.1, 0.15) is 43.2 Å². The molecule has 0 radical (unpaired) electrons. The van der Waals surface area contributed by atoms with Gasteiger partial charge in [0.1, 0.15) is 5.75 Å². The number of carboxylic acid groups (broad SMARTS) is 1. The molecule has 1 unspecified atom stereocenters. The Morgan fingerprint density at radius 1 is 1.28 bits per heavy atom. The van der Waals surface area contributed by atoms with Gasteiger partial charge >= 0.3 is 12.1 Å². The van der Waals surface area contributed by atoms with Crippen LogP contribution in [0.5, 0.6) is 5.75 Å². The lowest BCUT2D eigenvalue weighted by molar-refractivity contribution is -0.153. The quantitative estimate of drug-likeness (QED) is 0.525. The van der Waals surface area contributed by atoms with Crippen LogP contribution >= 0.6 is 11.6 Å². The van der Waals surface area contributed by atoms with E-state index in [-0.39, 0.29) is 10.8 Å². The minimum Gasteiger partial charge on any atom is -0.482 e. The number of halogens is 4. The van der Waals surface area contributed by atoms with Gasteiger partial charge in [0.2, 0.25) is 0 Å². The summed E-state index contributed by atoms with van der Waals surface area (Å²) in [4.78, 5) is 12.0. The smallest absolute Gasteiger partial charge is 0.422 e. The standard InChI is InChI=1S/C22H22ClF3O3/c1-2-15-17(18(21(27)28)10-13-8-9-13)11-16(14-6-4-3-5-7-14)20(19(15)23)29-12-22(24,25)26/h3-7,11,13,18H,2,8-10,12H2,1H3,(H,27,28). The van der Waals surface area contributed by atoms with Crippen LogP contribution in [0.3, 0.4) is 0 Å². The van der Waals surface area contributed by atoms with Gasteiger partial charge in [-0.05, 0) is 41.5 Å². The summed E-state index contributed by atoms with van der Waals surface area (Å²) >= 11 is 6.51. The first-order valence-corrected chi connectivity index (χ1v) is 9.92. The Bertz CT molecular complexity index is 877. The number of hydrogen-bond acceptors (Lipinski definition) is 2. The van der Waals surface area contributed by atoms with E-state index in [1.165, 1.54) is 0 Å². The van der Waals surface area contributed by atoms with Gasteiger partial charge in [-0.3, -0.25) is 4.79 Å². The number of hydrogen-bond donors (Lipinski definition) is 1. The third-order valence-corrected chi connectivity index (χ3v) is 5.51. The predicted octanol–water partition coefficient (Wildman–Crippen LogP) is 6.48. The minimum atomic E-state index is -4.52. The molecule has 0 heterocycles. The maximum absolute atomic E-state index is 12.8. The molecule has 1 aliphatic rings. The van der Waals surface area contributed by atoms with Gasteiger partial charge in [0.25, 0.3) is 0 Å². The molecule has 3 rings (SSSR count). The largest absolute Gasteiger partial charge is 0.482 e. The van der Waals surface area contributed by atoms with E-state index in [4.69, 9.17) is 16.3 Å². The molecule has 2 aromatic carbocycles. The number of ether oxygens (including phenoxy) is 1. The molecule has 29 heavy (non-hydrogen) atoms. The molecule has 1 aliphatic carbocycles. The number of rotatable bonds is 8. The topological polar surface area (TPSA) is 46.5 Å². The molecule has 2 aromatic rings. The third-order valence-electron chi connectivity index (χ3n) is 5.12.